The fourth-order valence-corrected chi connectivity index (χ4v) is 4.81. The maximum Gasteiger partial charge on any atom is 0.200 e. The lowest BCUT2D eigenvalue weighted by atomic mass is 9.75. The second-order valence-electron chi connectivity index (χ2n) is 8.66. The SMILES string of the molecule is CCCCCCCCC(c1cccc(-c2c(F)c(F)c(F)c(F)c2F)c1)C(CC)(CC)OC. The number of hydrogen-bond acceptors (Lipinski definition) is 1. The second-order valence-corrected chi connectivity index (χ2v) is 8.66. The van der Waals surface area contributed by atoms with Gasteiger partial charge in [0.05, 0.1) is 11.2 Å². The van der Waals surface area contributed by atoms with Crippen LogP contribution >= 0.6 is 0 Å². The molecular formula is C27H35F5O. The topological polar surface area (TPSA) is 9.23 Å². The zero-order valence-corrected chi connectivity index (χ0v) is 20.0. The van der Waals surface area contributed by atoms with Crippen molar-refractivity contribution in [2.24, 2.45) is 0 Å². The van der Waals surface area contributed by atoms with Crippen LogP contribution in [0.25, 0.3) is 11.1 Å². The smallest absolute Gasteiger partial charge is 0.200 e. The van der Waals surface area contributed by atoms with Gasteiger partial charge in [-0.15, -0.1) is 0 Å². The third kappa shape index (κ3) is 5.95. The van der Waals surface area contributed by atoms with Crippen molar-refractivity contribution in [2.75, 3.05) is 7.11 Å². The molecule has 0 aliphatic carbocycles. The third-order valence-corrected chi connectivity index (χ3v) is 6.87. The molecule has 0 spiro atoms. The van der Waals surface area contributed by atoms with Crippen molar-refractivity contribution in [1.82, 2.24) is 0 Å². The van der Waals surface area contributed by atoms with E-state index >= 15 is 0 Å². The van der Waals surface area contributed by atoms with Gasteiger partial charge in [0.15, 0.2) is 23.3 Å². The van der Waals surface area contributed by atoms with Gasteiger partial charge in [-0.1, -0.05) is 83.6 Å². The molecule has 0 bridgehead atoms. The summed E-state index contributed by atoms with van der Waals surface area (Å²) in [6.07, 6.45) is 9.01. The molecule has 2 aromatic rings. The van der Waals surface area contributed by atoms with Crippen LogP contribution in [0.15, 0.2) is 24.3 Å². The van der Waals surface area contributed by atoms with Crippen LogP contribution in [-0.2, 0) is 4.74 Å². The van der Waals surface area contributed by atoms with E-state index < -0.39 is 40.3 Å². The largest absolute Gasteiger partial charge is 0.378 e. The van der Waals surface area contributed by atoms with Crippen molar-refractivity contribution in [3.8, 4) is 11.1 Å². The zero-order chi connectivity index (χ0) is 24.6. The average Bonchev–Trinajstić information content (AvgIpc) is 2.84. The predicted octanol–water partition coefficient (Wildman–Crippen LogP) is 9.09. The van der Waals surface area contributed by atoms with Gasteiger partial charge in [0, 0.05) is 13.0 Å². The highest BCUT2D eigenvalue weighted by atomic mass is 19.2. The van der Waals surface area contributed by atoms with Crippen LogP contribution in [-0.4, -0.2) is 12.7 Å². The third-order valence-electron chi connectivity index (χ3n) is 6.87. The van der Waals surface area contributed by atoms with Crippen molar-refractivity contribution >= 4 is 0 Å². The summed E-state index contributed by atoms with van der Waals surface area (Å²) in [5.41, 5.74) is -0.651. The first kappa shape index (κ1) is 27.3. The highest BCUT2D eigenvalue weighted by Gasteiger charge is 2.37. The minimum atomic E-state index is -2.15. The Morgan fingerprint density at radius 3 is 1.85 bits per heavy atom. The minimum Gasteiger partial charge on any atom is -0.378 e. The molecular weight excluding hydrogens is 435 g/mol. The van der Waals surface area contributed by atoms with Gasteiger partial charge in [0.25, 0.3) is 0 Å². The highest BCUT2D eigenvalue weighted by molar-refractivity contribution is 5.66. The highest BCUT2D eigenvalue weighted by Crippen LogP contribution is 2.42. The quantitative estimate of drug-likeness (QED) is 0.123. The van der Waals surface area contributed by atoms with Gasteiger partial charge in [-0.2, -0.15) is 0 Å². The van der Waals surface area contributed by atoms with E-state index in [1.807, 2.05) is 19.9 Å². The molecule has 2 aromatic carbocycles. The Kier molecular flexibility index (Phi) is 10.3. The number of ether oxygens (including phenoxy) is 1. The van der Waals surface area contributed by atoms with E-state index in [4.69, 9.17) is 4.74 Å². The van der Waals surface area contributed by atoms with Crippen LogP contribution in [0.3, 0.4) is 0 Å². The zero-order valence-electron chi connectivity index (χ0n) is 20.0. The predicted molar refractivity (Wildman–Crippen MR) is 123 cm³/mol. The molecule has 184 valence electrons. The first-order valence-corrected chi connectivity index (χ1v) is 11.9. The molecule has 2 rings (SSSR count). The van der Waals surface area contributed by atoms with Crippen molar-refractivity contribution in [2.45, 2.75) is 90.1 Å². The molecule has 1 nitrogen and oxygen atoms in total. The van der Waals surface area contributed by atoms with Gasteiger partial charge < -0.3 is 4.74 Å². The molecule has 0 radical (unpaired) electrons. The summed E-state index contributed by atoms with van der Waals surface area (Å²) in [4.78, 5) is 0. The van der Waals surface area contributed by atoms with Crippen LogP contribution in [0, 0.1) is 29.1 Å². The standard InChI is InChI=1S/C27H35F5O/c1-5-8-9-10-11-12-16-20(27(6-2,7-3)33-4)18-14-13-15-19(17-18)21-22(28)24(30)26(32)25(31)23(21)29/h13-15,17,20H,5-12,16H2,1-4H3. The van der Waals surface area contributed by atoms with Gasteiger partial charge in [-0.05, 0) is 30.4 Å². The number of methoxy groups -OCH3 is 1. The Morgan fingerprint density at radius 1 is 0.758 bits per heavy atom. The maximum atomic E-state index is 14.5. The molecule has 0 aliphatic heterocycles. The van der Waals surface area contributed by atoms with Gasteiger partial charge >= 0.3 is 0 Å². The molecule has 0 saturated heterocycles. The van der Waals surface area contributed by atoms with Crippen LogP contribution in [0.2, 0.25) is 0 Å². The maximum absolute atomic E-state index is 14.5. The lowest BCUT2D eigenvalue weighted by Gasteiger charge is -2.39. The molecule has 33 heavy (non-hydrogen) atoms. The molecule has 1 atom stereocenters. The van der Waals surface area contributed by atoms with Crippen LogP contribution < -0.4 is 0 Å². The molecule has 0 aliphatic rings. The molecule has 1 unspecified atom stereocenters. The Bertz CT molecular complexity index is 870. The molecule has 0 saturated carbocycles. The van der Waals surface area contributed by atoms with Crippen LogP contribution in [0.5, 0.6) is 0 Å². The number of benzene rings is 2. The fourth-order valence-electron chi connectivity index (χ4n) is 4.81. The van der Waals surface area contributed by atoms with Crippen LogP contribution in [0.4, 0.5) is 22.0 Å². The first-order chi connectivity index (χ1) is 15.8. The van der Waals surface area contributed by atoms with Crippen molar-refractivity contribution in [3.63, 3.8) is 0 Å². The van der Waals surface area contributed by atoms with Gasteiger partial charge in [-0.25, -0.2) is 22.0 Å². The second kappa shape index (κ2) is 12.5. The summed E-state index contributed by atoms with van der Waals surface area (Å²) < 4.78 is 76.0. The van der Waals surface area contributed by atoms with E-state index in [0.29, 0.717) is 0 Å². The van der Waals surface area contributed by atoms with Crippen molar-refractivity contribution in [3.05, 3.63) is 58.9 Å². The number of unbranched alkanes of at least 4 members (excludes halogenated alkanes) is 5. The number of halogens is 5. The minimum absolute atomic E-state index is 0.0366. The monoisotopic (exact) mass is 470 g/mol. The Hall–Kier alpha value is -1.95. The Balaban J connectivity index is 2.47. The van der Waals surface area contributed by atoms with E-state index in [-0.39, 0.29) is 11.5 Å². The Labute approximate surface area is 194 Å². The lowest BCUT2D eigenvalue weighted by molar-refractivity contribution is -0.0425. The number of hydrogen-bond donors (Lipinski definition) is 0. The summed E-state index contributed by atoms with van der Waals surface area (Å²) in [6, 6.07) is 6.36. The summed E-state index contributed by atoms with van der Waals surface area (Å²) in [7, 11) is 1.66. The lowest BCUT2D eigenvalue weighted by Crippen LogP contribution is -2.37. The molecule has 0 N–H and O–H groups in total. The normalized spacial score (nSPS) is 12.9. The van der Waals surface area contributed by atoms with E-state index in [0.717, 1.165) is 44.1 Å². The van der Waals surface area contributed by atoms with E-state index in [1.165, 1.54) is 25.3 Å². The molecule has 0 aromatic heterocycles. The Morgan fingerprint density at radius 2 is 1.30 bits per heavy atom. The summed E-state index contributed by atoms with van der Waals surface area (Å²) >= 11 is 0. The summed E-state index contributed by atoms with van der Waals surface area (Å²) in [5.74, 6) is -9.75. The first-order valence-electron chi connectivity index (χ1n) is 11.9. The van der Waals surface area contributed by atoms with Crippen LogP contribution in [0.1, 0.15) is 90.0 Å². The van der Waals surface area contributed by atoms with E-state index in [1.54, 1.807) is 19.2 Å². The summed E-state index contributed by atoms with van der Waals surface area (Å²) in [6.45, 7) is 6.24. The average molecular weight is 471 g/mol. The molecule has 6 heteroatoms. The van der Waals surface area contributed by atoms with Gasteiger partial charge in [0.1, 0.15) is 0 Å². The van der Waals surface area contributed by atoms with Crippen molar-refractivity contribution < 1.29 is 26.7 Å². The number of rotatable bonds is 13. The molecule has 0 fully saturated rings. The van der Waals surface area contributed by atoms with Gasteiger partial charge in [-0.3, -0.25) is 0 Å². The summed E-state index contributed by atoms with van der Waals surface area (Å²) in [5, 5.41) is 0. The fraction of sp³-hybridized carbons (Fsp3) is 0.556. The van der Waals surface area contributed by atoms with E-state index in [2.05, 4.69) is 6.92 Å². The molecule has 0 heterocycles. The van der Waals surface area contributed by atoms with Crippen molar-refractivity contribution in [1.29, 1.82) is 0 Å². The van der Waals surface area contributed by atoms with Gasteiger partial charge in [0.2, 0.25) is 5.82 Å². The molecule has 0 amide bonds. The van der Waals surface area contributed by atoms with E-state index in [9.17, 15) is 22.0 Å².